The minimum Gasteiger partial charge on any atom is -0.497 e. The second kappa shape index (κ2) is 7.30. The summed E-state index contributed by atoms with van der Waals surface area (Å²) in [6.07, 6.45) is 1.43. The Bertz CT molecular complexity index is 838. The van der Waals surface area contributed by atoms with Crippen LogP contribution in [0.4, 0.5) is 16.4 Å². The van der Waals surface area contributed by atoms with Crippen LogP contribution in [0.3, 0.4) is 0 Å². The molecule has 0 atom stereocenters. The van der Waals surface area contributed by atoms with Gasteiger partial charge in [0.1, 0.15) is 35.1 Å². The van der Waals surface area contributed by atoms with Crippen LogP contribution in [0, 0.1) is 0 Å². The Morgan fingerprint density at radius 3 is 2.78 bits per heavy atom. The zero-order chi connectivity index (χ0) is 19.6. The molecule has 1 aliphatic heterocycles. The van der Waals surface area contributed by atoms with Gasteiger partial charge in [0.2, 0.25) is 0 Å². The van der Waals surface area contributed by atoms with E-state index in [2.05, 4.69) is 15.3 Å². The van der Waals surface area contributed by atoms with Gasteiger partial charge in [-0.1, -0.05) is 0 Å². The average molecular weight is 371 g/mol. The van der Waals surface area contributed by atoms with E-state index in [-0.39, 0.29) is 6.03 Å². The molecule has 2 amide bonds. The number of nitrogens with zero attached hydrogens (tertiary/aromatic N) is 4. The smallest absolute Gasteiger partial charge is 0.323 e. The quantitative estimate of drug-likeness (QED) is 0.894. The molecular weight excluding hydrogens is 346 g/mol. The minimum absolute atomic E-state index is 0.237. The van der Waals surface area contributed by atoms with E-state index in [1.807, 2.05) is 51.0 Å². The van der Waals surface area contributed by atoms with Crippen molar-refractivity contribution in [3.63, 3.8) is 0 Å². The SMILES string of the molecule is COc1ccc2c(c1)OC(C)(C)CN(C(=O)Nc1cc(N(C)C)ncn1)C2. The summed E-state index contributed by atoms with van der Waals surface area (Å²) in [6, 6.07) is 7.14. The zero-order valence-corrected chi connectivity index (χ0v) is 16.3. The van der Waals surface area contributed by atoms with E-state index >= 15 is 0 Å². The molecule has 8 nitrogen and oxygen atoms in total. The van der Waals surface area contributed by atoms with Crippen molar-refractivity contribution in [2.24, 2.45) is 0 Å². The lowest BCUT2D eigenvalue weighted by Gasteiger charge is -2.29. The van der Waals surface area contributed by atoms with Crippen molar-refractivity contribution in [1.29, 1.82) is 0 Å². The summed E-state index contributed by atoms with van der Waals surface area (Å²) in [5.41, 5.74) is 0.378. The topological polar surface area (TPSA) is 79.8 Å². The van der Waals surface area contributed by atoms with Crippen LogP contribution in [0.15, 0.2) is 30.6 Å². The van der Waals surface area contributed by atoms with E-state index in [1.54, 1.807) is 18.1 Å². The molecule has 27 heavy (non-hydrogen) atoms. The van der Waals surface area contributed by atoms with Crippen molar-refractivity contribution < 1.29 is 14.3 Å². The van der Waals surface area contributed by atoms with Gasteiger partial charge >= 0.3 is 6.03 Å². The van der Waals surface area contributed by atoms with Gasteiger partial charge in [-0.25, -0.2) is 14.8 Å². The maximum Gasteiger partial charge on any atom is 0.323 e. The fourth-order valence-corrected chi connectivity index (χ4v) is 2.93. The number of methoxy groups -OCH3 is 1. The molecule has 1 N–H and O–H groups in total. The number of carbonyl (C=O) groups excluding carboxylic acids is 1. The highest BCUT2D eigenvalue weighted by Crippen LogP contribution is 2.32. The monoisotopic (exact) mass is 371 g/mol. The Morgan fingerprint density at radius 2 is 2.07 bits per heavy atom. The summed E-state index contributed by atoms with van der Waals surface area (Å²) in [6.45, 7) is 4.77. The number of nitrogens with one attached hydrogen (secondary N) is 1. The summed E-state index contributed by atoms with van der Waals surface area (Å²) in [7, 11) is 5.38. The number of aromatic nitrogens is 2. The molecule has 1 aliphatic rings. The molecule has 0 saturated heterocycles. The predicted molar refractivity (Wildman–Crippen MR) is 103 cm³/mol. The standard InChI is InChI=1S/C19H25N5O3/c1-19(2)11-24(10-13-6-7-14(26-5)8-15(13)27-19)18(25)22-16-9-17(23(3)4)21-12-20-16/h6-9,12H,10-11H2,1-5H3,(H,20,21,22,25). The van der Waals surface area contributed by atoms with Crippen molar-refractivity contribution in [1.82, 2.24) is 14.9 Å². The highest BCUT2D eigenvalue weighted by Gasteiger charge is 2.32. The van der Waals surface area contributed by atoms with E-state index in [0.717, 1.165) is 22.9 Å². The fraction of sp³-hybridized carbons (Fsp3) is 0.421. The second-order valence-electron chi connectivity index (χ2n) is 7.28. The lowest BCUT2D eigenvalue weighted by atomic mass is 10.1. The normalized spacial score (nSPS) is 15.2. The number of ether oxygens (including phenoxy) is 2. The van der Waals surface area contributed by atoms with Crippen molar-refractivity contribution in [2.45, 2.75) is 26.0 Å². The first-order valence-corrected chi connectivity index (χ1v) is 8.68. The van der Waals surface area contributed by atoms with Crippen LogP contribution in [0.2, 0.25) is 0 Å². The first-order valence-electron chi connectivity index (χ1n) is 8.68. The van der Waals surface area contributed by atoms with Crippen LogP contribution >= 0.6 is 0 Å². The zero-order valence-electron chi connectivity index (χ0n) is 16.3. The van der Waals surface area contributed by atoms with Gasteiger partial charge in [0.15, 0.2) is 0 Å². The van der Waals surface area contributed by atoms with Crippen molar-refractivity contribution >= 4 is 17.7 Å². The number of hydrogen-bond donors (Lipinski definition) is 1. The van der Waals surface area contributed by atoms with Gasteiger partial charge in [0.25, 0.3) is 0 Å². The van der Waals surface area contributed by atoms with Crippen LogP contribution in [-0.2, 0) is 6.54 Å². The van der Waals surface area contributed by atoms with E-state index in [0.29, 0.717) is 18.9 Å². The summed E-state index contributed by atoms with van der Waals surface area (Å²) in [4.78, 5) is 24.8. The first kappa shape index (κ1) is 18.8. The fourth-order valence-electron chi connectivity index (χ4n) is 2.93. The molecule has 2 aromatic rings. The number of rotatable bonds is 3. The van der Waals surface area contributed by atoms with Gasteiger partial charge in [-0.3, -0.25) is 5.32 Å². The number of anilines is 2. The minimum atomic E-state index is -0.546. The van der Waals surface area contributed by atoms with Crippen LogP contribution in [0.25, 0.3) is 0 Å². The van der Waals surface area contributed by atoms with E-state index in [1.165, 1.54) is 6.33 Å². The molecule has 0 bridgehead atoms. The Kier molecular flexibility index (Phi) is 5.07. The van der Waals surface area contributed by atoms with Gasteiger partial charge in [-0.2, -0.15) is 0 Å². The number of carbonyl (C=O) groups is 1. The van der Waals surface area contributed by atoms with Gasteiger partial charge < -0.3 is 19.3 Å². The Labute approximate surface area is 159 Å². The summed E-state index contributed by atoms with van der Waals surface area (Å²) in [5.74, 6) is 2.63. The number of hydrogen-bond acceptors (Lipinski definition) is 6. The molecule has 0 unspecified atom stereocenters. The van der Waals surface area contributed by atoms with E-state index in [4.69, 9.17) is 9.47 Å². The third kappa shape index (κ3) is 4.39. The number of benzene rings is 1. The largest absolute Gasteiger partial charge is 0.497 e. The van der Waals surface area contributed by atoms with Crippen LogP contribution in [0.1, 0.15) is 19.4 Å². The molecule has 1 aromatic carbocycles. The highest BCUT2D eigenvalue weighted by molar-refractivity contribution is 5.88. The van der Waals surface area contributed by atoms with Gasteiger partial charge in [-0.05, 0) is 26.0 Å². The third-order valence-corrected chi connectivity index (χ3v) is 4.23. The maximum absolute atomic E-state index is 12.9. The highest BCUT2D eigenvalue weighted by atomic mass is 16.5. The Morgan fingerprint density at radius 1 is 1.30 bits per heavy atom. The number of amides is 2. The van der Waals surface area contributed by atoms with Crippen LogP contribution in [0.5, 0.6) is 11.5 Å². The lowest BCUT2D eigenvalue weighted by Crippen LogP contribution is -2.44. The molecule has 0 aliphatic carbocycles. The lowest BCUT2D eigenvalue weighted by molar-refractivity contribution is 0.0833. The molecule has 0 radical (unpaired) electrons. The molecule has 144 valence electrons. The molecule has 8 heteroatoms. The maximum atomic E-state index is 12.9. The third-order valence-electron chi connectivity index (χ3n) is 4.23. The average Bonchev–Trinajstić information content (AvgIpc) is 2.75. The van der Waals surface area contributed by atoms with Gasteiger partial charge in [-0.15, -0.1) is 0 Å². The van der Waals surface area contributed by atoms with Crippen molar-refractivity contribution in [3.05, 3.63) is 36.2 Å². The summed E-state index contributed by atoms with van der Waals surface area (Å²) in [5, 5.41) is 2.85. The van der Waals surface area contributed by atoms with Gasteiger partial charge in [0, 0.05) is 31.8 Å². The van der Waals surface area contributed by atoms with Crippen molar-refractivity contribution in [3.8, 4) is 11.5 Å². The van der Waals surface area contributed by atoms with Crippen molar-refractivity contribution in [2.75, 3.05) is 38.0 Å². The molecule has 2 heterocycles. The second-order valence-corrected chi connectivity index (χ2v) is 7.28. The first-order chi connectivity index (χ1) is 12.8. The Balaban J connectivity index is 1.82. The van der Waals surface area contributed by atoms with E-state index < -0.39 is 5.60 Å². The summed E-state index contributed by atoms with van der Waals surface area (Å²) >= 11 is 0. The van der Waals surface area contributed by atoms with Crippen LogP contribution in [-0.4, -0.2) is 54.2 Å². The molecular formula is C19H25N5O3. The van der Waals surface area contributed by atoms with Crippen LogP contribution < -0.4 is 19.7 Å². The number of urea groups is 1. The van der Waals surface area contributed by atoms with Gasteiger partial charge in [0.05, 0.1) is 20.2 Å². The predicted octanol–water partition coefficient (Wildman–Crippen LogP) is 2.76. The molecule has 0 spiro atoms. The molecule has 1 aromatic heterocycles. The summed E-state index contributed by atoms with van der Waals surface area (Å²) < 4.78 is 11.4. The number of fused-ring (bicyclic) bond motifs is 1. The Hall–Kier alpha value is -3.03. The molecule has 3 rings (SSSR count). The van der Waals surface area contributed by atoms with E-state index in [9.17, 15) is 4.79 Å². The molecule has 0 fully saturated rings. The molecule has 0 saturated carbocycles.